The van der Waals surface area contributed by atoms with Crippen LogP contribution in [0.15, 0.2) is 12.3 Å². The first-order chi connectivity index (χ1) is 6.20. The SMILES string of the molecule is CC1C(N)CCC1c1ccnn1C. The van der Waals surface area contributed by atoms with Crippen LogP contribution in [0.25, 0.3) is 0 Å². The van der Waals surface area contributed by atoms with Crippen molar-refractivity contribution < 1.29 is 0 Å². The minimum absolute atomic E-state index is 0.375. The standard InChI is InChI=1S/C10H17N3/c1-7-8(3-4-9(7)11)10-5-6-12-13(10)2/h5-9H,3-4,11H2,1-2H3. The van der Waals surface area contributed by atoms with E-state index in [1.54, 1.807) is 0 Å². The highest BCUT2D eigenvalue weighted by molar-refractivity contribution is 5.12. The van der Waals surface area contributed by atoms with Gasteiger partial charge < -0.3 is 5.73 Å². The van der Waals surface area contributed by atoms with Gasteiger partial charge in [-0.2, -0.15) is 5.10 Å². The van der Waals surface area contributed by atoms with Crippen molar-refractivity contribution in [3.05, 3.63) is 18.0 Å². The molecular formula is C10H17N3. The molecule has 3 heteroatoms. The van der Waals surface area contributed by atoms with E-state index in [9.17, 15) is 0 Å². The van der Waals surface area contributed by atoms with Gasteiger partial charge in [0.15, 0.2) is 0 Å². The molecular weight excluding hydrogens is 162 g/mol. The number of hydrogen-bond acceptors (Lipinski definition) is 2. The van der Waals surface area contributed by atoms with Crippen LogP contribution in [-0.2, 0) is 7.05 Å². The molecule has 0 radical (unpaired) electrons. The molecule has 0 amide bonds. The molecule has 3 unspecified atom stereocenters. The summed E-state index contributed by atoms with van der Waals surface area (Å²) in [5.41, 5.74) is 7.33. The summed E-state index contributed by atoms with van der Waals surface area (Å²) in [5, 5.41) is 4.20. The van der Waals surface area contributed by atoms with Gasteiger partial charge in [0.25, 0.3) is 0 Å². The van der Waals surface area contributed by atoms with Gasteiger partial charge in [0.2, 0.25) is 0 Å². The molecule has 2 rings (SSSR count). The molecule has 1 aliphatic rings. The van der Waals surface area contributed by atoms with Crippen LogP contribution in [0.4, 0.5) is 0 Å². The zero-order valence-electron chi connectivity index (χ0n) is 8.27. The molecule has 1 heterocycles. The van der Waals surface area contributed by atoms with Gasteiger partial charge in [-0.3, -0.25) is 4.68 Å². The molecule has 13 heavy (non-hydrogen) atoms. The van der Waals surface area contributed by atoms with Gasteiger partial charge in [-0.15, -0.1) is 0 Å². The maximum atomic E-state index is 6.00. The molecule has 0 saturated heterocycles. The molecule has 0 bridgehead atoms. The number of aromatic nitrogens is 2. The Kier molecular flexibility index (Phi) is 2.12. The highest BCUT2D eigenvalue weighted by Gasteiger charge is 2.32. The quantitative estimate of drug-likeness (QED) is 0.705. The van der Waals surface area contributed by atoms with E-state index in [1.165, 1.54) is 12.1 Å². The molecule has 1 aromatic rings. The van der Waals surface area contributed by atoms with Gasteiger partial charge in [0, 0.05) is 30.9 Å². The second kappa shape index (κ2) is 3.14. The van der Waals surface area contributed by atoms with Crippen LogP contribution < -0.4 is 5.73 Å². The average Bonchev–Trinajstić information content (AvgIpc) is 2.62. The van der Waals surface area contributed by atoms with Crippen LogP contribution in [0.2, 0.25) is 0 Å². The fraction of sp³-hybridized carbons (Fsp3) is 0.700. The Morgan fingerprint density at radius 3 is 2.77 bits per heavy atom. The van der Waals surface area contributed by atoms with Crippen molar-refractivity contribution in [3.63, 3.8) is 0 Å². The Hall–Kier alpha value is -0.830. The van der Waals surface area contributed by atoms with Crippen LogP contribution in [0.3, 0.4) is 0 Å². The molecule has 0 aromatic carbocycles. The Morgan fingerprint density at radius 2 is 2.31 bits per heavy atom. The lowest BCUT2D eigenvalue weighted by molar-refractivity contribution is 0.458. The van der Waals surface area contributed by atoms with E-state index in [0.717, 1.165) is 6.42 Å². The van der Waals surface area contributed by atoms with Crippen molar-refractivity contribution in [2.24, 2.45) is 18.7 Å². The van der Waals surface area contributed by atoms with Crippen molar-refractivity contribution in [1.29, 1.82) is 0 Å². The maximum absolute atomic E-state index is 6.00. The summed E-state index contributed by atoms with van der Waals surface area (Å²) in [4.78, 5) is 0. The second-order valence-corrected chi connectivity index (χ2v) is 4.09. The van der Waals surface area contributed by atoms with Crippen LogP contribution in [0.1, 0.15) is 31.4 Å². The van der Waals surface area contributed by atoms with Crippen molar-refractivity contribution in [2.75, 3.05) is 0 Å². The summed E-state index contributed by atoms with van der Waals surface area (Å²) in [6, 6.07) is 2.49. The summed E-state index contributed by atoms with van der Waals surface area (Å²) < 4.78 is 1.97. The lowest BCUT2D eigenvalue weighted by atomic mass is 9.93. The molecule has 1 aliphatic carbocycles. The first-order valence-electron chi connectivity index (χ1n) is 4.93. The number of nitrogens with two attached hydrogens (primary N) is 1. The monoisotopic (exact) mass is 179 g/mol. The summed E-state index contributed by atoms with van der Waals surface area (Å²) in [6.07, 6.45) is 4.23. The summed E-state index contributed by atoms with van der Waals surface area (Å²) in [5.74, 6) is 1.21. The molecule has 0 aliphatic heterocycles. The zero-order chi connectivity index (χ0) is 9.42. The van der Waals surface area contributed by atoms with E-state index in [1.807, 2.05) is 17.9 Å². The number of hydrogen-bond donors (Lipinski definition) is 1. The molecule has 1 saturated carbocycles. The normalized spacial score (nSPS) is 33.9. The number of nitrogens with zero attached hydrogens (tertiary/aromatic N) is 2. The fourth-order valence-electron chi connectivity index (χ4n) is 2.36. The first kappa shape index (κ1) is 8.75. The third-order valence-electron chi connectivity index (χ3n) is 3.36. The Morgan fingerprint density at radius 1 is 1.54 bits per heavy atom. The number of rotatable bonds is 1. The predicted molar refractivity (Wildman–Crippen MR) is 52.3 cm³/mol. The van der Waals surface area contributed by atoms with Crippen molar-refractivity contribution in [3.8, 4) is 0 Å². The van der Waals surface area contributed by atoms with Gasteiger partial charge in [-0.1, -0.05) is 6.92 Å². The van der Waals surface area contributed by atoms with Crippen molar-refractivity contribution >= 4 is 0 Å². The first-order valence-corrected chi connectivity index (χ1v) is 4.93. The van der Waals surface area contributed by atoms with Crippen LogP contribution in [-0.4, -0.2) is 15.8 Å². The molecule has 72 valence electrons. The molecule has 2 N–H and O–H groups in total. The molecule has 3 atom stereocenters. The minimum atomic E-state index is 0.375. The zero-order valence-corrected chi connectivity index (χ0v) is 8.27. The van der Waals surface area contributed by atoms with Gasteiger partial charge in [0.1, 0.15) is 0 Å². The Bertz CT molecular complexity index is 292. The van der Waals surface area contributed by atoms with E-state index in [-0.39, 0.29) is 0 Å². The molecule has 1 aromatic heterocycles. The van der Waals surface area contributed by atoms with Crippen LogP contribution >= 0.6 is 0 Å². The molecule has 3 nitrogen and oxygen atoms in total. The van der Waals surface area contributed by atoms with Crippen LogP contribution in [0.5, 0.6) is 0 Å². The third-order valence-corrected chi connectivity index (χ3v) is 3.36. The highest BCUT2D eigenvalue weighted by Crippen LogP contribution is 2.37. The maximum Gasteiger partial charge on any atom is 0.0492 e. The van der Waals surface area contributed by atoms with Gasteiger partial charge in [-0.05, 0) is 24.8 Å². The topological polar surface area (TPSA) is 43.8 Å². The lowest BCUT2D eigenvalue weighted by Gasteiger charge is -2.17. The van der Waals surface area contributed by atoms with Gasteiger partial charge in [-0.25, -0.2) is 0 Å². The fourth-order valence-corrected chi connectivity index (χ4v) is 2.36. The van der Waals surface area contributed by atoms with Gasteiger partial charge >= 0.3 is 0 Å². The van der Waals surface area contributed by atoms with E-state index in [4.69, 9.17) is 5.73 Å². The largest absolute Gasteiger partial charge is 0.327 e. The van der Waals surface area contributed by atoms with Crippen LogP contribution in [0, 0.1) is 5.92 Å². The summed E-state index contributed by atoms with van der Waals surface area (Å²) in [7, 11) is 2.01. The van der Waals surface area contributed by atoms with E-state index in [2.05, 4.69) is 18.1 Å². The highest BCUT2D eigenvalue weighted by atomic mass is 15.3. The Balaban J connectivity index is 2.23. The van der Waals surface area contributed by atoms with Crippen molar-refractivity contribution in [2.45, 2.75) is 31.7 Å². The van der Waals surface area contributed by atoms with Crippen molar-refractivity contribution in [1.82, 2.24) is 9.78 Å². The summed E-state index contributed by atoms with van der Waals surface area (Å²) in [6.45, 7) is 2.25. The third kappa shape index (κ3) is 1.37. The Labute approximate surface area is 78.9 Å². The predicted octanol–water partition coefficient (Wildman–Crippen LogP) is 1.26. The van der Waals surface area contributed by atoms with E-state index < -0.39 is 0 Å². The van der Waals surface area contributed by atoms with E-state index in [0.29, 0.717) is 17.9 Å². The molecule has 0 spiro atoms. The average molecular weight is 179 g/mol. The minimum Gasteiger partial charge on any atom is -0.327 e. The smallest absolute Gasteiger partial charge is 0.0492 e. The second-order valence-electron chi connectivity index (χ2n) is 4.09. The summed E-state index contributed by atoms with van der Waals surface area (Å²) >= 11 is 0. The van der Waals surface area contributed by atoms with Gasteiger partial charge in [0.05, 0.1) is 0 Å². The lowest BCUT2D eigenvalue weighted by Crippen LogP contribution is -2.25. The van der Waals surface area contributed by atoms with E-state index >= 15 is 0 Å². The molecule has 1 fully saturated rings. The number of aryl methyl sites for hydroxylation is 1.